The number of nitrogens with zero attached hydrogens (tertiary/aromatic N) is 6. The monoisotopic (exact) mass is 484 g/mol. The van der Waals surface area contributed by atoms with E-state index in [-0.39, 0.29) is 29.3 Å². The summed E-state index contributed by atoms with van der Waals surface area (Å²) in [5.41, 5.74) is 3.29. The number of anilines is 1. The van der Waals surface area contributed by atoms with Crippen LogP contribution in [0, 0.1) is 29.1 Å². The van der Waals surface area contributed by atoms with Crippen LogP contribution in [-0.2, 0) is 0 Å². The van der Waals surface area contributed by atoms with Crippen LogP contribution in [0.25, 0.3) is 11.2 Å². The maximum Gasteiger partial charge on any atom is 0.319 e. The van der Waals surface area contributed by atoms with E-state index in [1.807, 2.05) is 6.20 Å². The van der Waals surface area contributed by atoms with Crippen molar-refractivity contribution < 1.29 is 9.53 Å². The molecule has 184 valence electrons. The van der Waals surface area contributed by atoms with Gasteiger partial charge in [-0.3, -0.25) is 9.78 Å². The van der Waals surface area contributed by atoms with Crippen LogP contribution < -0.4 is 15.0 Å². The van der Waals surface area contributed by atoms with E-state index in [4.69, 9.17) is 10.00 Å². The van der Waals surface area contributed by atoms with E-state index in [1.165, 1.54) is 5.56 Å². The number of aromatic amines is 1. The van der Waals surface area contributed by atoms with Crippen molar-refractivity contribution in [3.63, 3.8) is 0 Å². The molecule has 10 nitrogen and oxygen atoms in total. The Labute approximate surface area is 208 Å². The lowest BCUT2D eigenvalue weighted by Gasteiger charge is -2.61. The Bertz CT molecular complexity index is 1350. The topological polar surface area (TPSA) is 133 Å². The Morgan fingerprint density at radius 2 is 2.03 bits per heavy atom. The first-order chi connectivity index (χ1) is 17.6. The van der Waals surface area contributed by atoms with E-state index >= 15 is 0 Å². The van der Waals surface area contributed by atoms with E-state index in [9.17, 15) is 4.79 Å². The predicted octanol–water partition coefficient (Wildman–Crippen LogP) is 2.95. The molecule has 4 saturated carbocycles. The number of nitrogens with one attached hydrogen (secondary N) is 2. The van der Waals surface area contributed by atoms with Crippen LogP contribution in [0.1, 0.15) is 60.5 Å². The molecule has 1 aliphatic heterocycles. The molecule has 4 heterocycles. The molecule has 8 rings (SSSR count). The zero-order chi connectivity index (χ0) is 24.3. The second-order valence-electron chi connectivity index (χ2n) is 10.9. The molecule has 5 aliphatic rings. The molecule has 2 bridgehead atoms. The molecule has 3 aromatic heterocycles. The lowest BCUT2D eigenvalue weighted by Crippen LogP contribution is -2.68. The number of fused-ring (bicyclic) bond motifs is 1. The summed E-state index contributed by atoms with van der Waals surface area (Å²) in [6.45, 7) is 2.01. The van der Waals surface area contributed by atoms with Crippen molar-refractivity contribution in [1.82, 2.24) is 30.2 Å². The van der Waals surface area contributed by atoms with Crippen molar-refractivity contribution in [3.05, 3.63) is 35.9 Å². The SMILES string of the molecule is N#CC1CC1COc1nc(C(=O)NC23CC(C2)C3)cc(N2CCC(c3c[nH]c4nccnc34)CC2)n1. The van der Waals surface area contributed by atoms with E-state index in [0.29, 0.717) is 24.0 Å². The molecule has 2 atom stereocenters. The average molecular weight is 485 g/mol. The molecular weight excluding hydrogens is 456 g/mol. The van der Waals surface area contributed by atoms with Gasteiger partial charge in [0.1, 0.15) is 17.0 Å². The van der Waals surface area contributed by atoms with Gasteiger partial charge in [-0.15, -0.1) is 0 Å². The van der Waals surface area contributed by atoms with Gasteiger partial charge in [0.2, 0.25) is 0 Å². The van der Waals surface area contributed by atoms with Crippen molar-refractivity contribution in [2.24, 2.45) is 17.8 Å². The summed E-state index contributed by atoms with van der Waals surface area (Å²) < 4.78 is 5.89. The summed E-state index contributed by atoms with van der Waals surface area (Å²) in [6.07, 6.45) is 11.4. The molecule has 36 heavy (non-hydrogen) atoms. The lowest BCUT2D eigenvalue weighted by atomic mass is 9.50. The second kappa shape index (κ2) is 8.15. The lowest BCUT2D eigenvalue weighted by molar-refractivity contribution is -0.0439. The Morgan fingerprint density at radius 3 is 2.75 bits per heavy atom. The maximum absolute atomic E-state index is 13.1. The van der Waals surface area contributed by atoms with Crippen LogP contribution in [0.2, 0.25) is 0 Å². The minimum atomic E-state index is -0.157. The zero-order valence-electron chi connectivity index (χ0n) is 20.0. The Hall–Kier alpha value is -3.74. The van der Waals surface area contributed by atoms with Crippen molar-refractivity contribution in [2.75, 3.05) is 24.6 Å². The number of piperidine rings is 1. The molecule has 4 aliphatic carbocycles. The molecule has 0 spiro atoms. The molecule has 2 N–H and O–H groups in total. The zero-order valence-corrected chi connectivity index (χ0v) is 20.0. The van der Waals surface area contributed by atoms with Gasteiger partial charge in [0.05, 0.1) is 18.6 Å². The van der Waals surface area contributed by atoms with E-state index in [2.05, 4.69) is 41.2 Å². The number of carbonyl (C=O) groups is 1. The van der Waals surface area contributed by atoms with Gasteiger partial charge in [-0.1, -0.05) is 0 Å². The third-order valence-corrected chi connectivity index (χ3v) is 8.45. The highest BCUT2D eigenvalue weighted by Crippen LogP contribution is 2.57. The van der Waals surface area contributed by atoms with Crippen LogP contribution >= 0.6 is 0 Å². The number of H-pyrrole nitrogens is 1. The van der Waals surface area contributed by atoms with Crippen molar-refractivity contribution >= 4 is 22.9 Å². The predicted molar refractivity (Wildman–Crippen MR) is 130 cm³/mol. The summed E-state index contributed by atoms with van der Waals surface area (Å²) in [7, 11) is 0. The Balaban J connectivity index is 1.09. The normalized spacial score (nSPS) is 28.6. The summed E-state index contributed by atoms with van der Waals surface area (Å²) in [6, 6.07) is 4.29. The molecule has 1 saturated heterocycles. The number of ether oxygens (including phenoxy) is 1. The first-order valence-electron chi connectivity index (χ1n) is 12.9. The van der Waals surface area contributed by atoms with E-state index in [0.717, 1.165) is 68.7 Å². The number of carbonyl (C=O) groups excluding carboxylic acids is 1. The maximum atomic E-state index is 13.1. The van der Waals surface area contributed by atoms with Crippen LogP contribution in [0.3, 0.4) is 0 Å². The van der Waals surface area contributed by atoms with Gasteiger partial charge < -0.3 is 19.9 Å². The quantitative estimate of drug-likeness (QED) is 0.523. The van der Waals surface area contributed by atoms with Gasteiger partial charge in [0.25, 0.3) is 5.91 Å². The van der Waals surface area contributed by atoms with E-state index in [1.54, 1.807) is 18.5 Å². The van der Waals surface area contributed by atoms with Gasteiger partial charge in [-0.05, 0) is 50.4 Å². The van der Waals surface area contributed by atoms with Gasteiger partial charge in [0, 0.05) is 54.8 Å². The van der Waals surface area contributed by atoms with Gasteiger partial charge in [0.15, 0.2) is 5.65 Å². The number of aromatic nitrogens is 5. The Morgan fingerprint density at radius 1 is 1.22 bits per heavy atom. The van der Waals surface area contributed by atoms with Crippen LogP contribution in [-0.4, -0.2) is 56.1 Å². The largest absolute Gasteiger partial charge is 0.463 e. The van der Waals surface area contributed by atoms with Gasteiger partial charge in [-0.2, -0.15) is 15.2 Å². The number of rotatable bonds is 7. The van der Waals surface area contributed by atoms with Crippen LogP contribution in [0.4, 0.5) is 5.82 Å². The summed E-state index contributed by atoms with van der Waals surface area (Å²) in [4.78, 5) is 36.6. The molecule has 5 fully saturated rings. The third-order valence-electron chi connectivity index (χ3n) is 8.45. The summed E-state index contributed by atoms with van der Waals surface area (Å²) in [5.74, 6) is 1.99. The van der Waals surface area contributed by atoms with Crippen molar-refractivity contribution in [2.45, 2.75) is 50.0 Å². The average Bonchev–Trinajstić information content (AvgIpc) is 3.51. The number of amides is 1. The minimum absolute atomic E-state index is 0.0253. The molecule has 2 unspecified atom stereocenters. The molecule has 0 aromatic carbocycles. The second-order valence-corrected chi connectivity index (χ2v) is 10.9. The molecule has 3 aromatic rings. The van der Waals surface area contributed by atoms with Gasteiger partial charge >= 0.3 is 6.01 Å². The first-order valence-corrected chi connectivity index (χ1v) is 12.9. The smallest absolute Gasteiger partial charge is 0.319 e. The fourth-order valence-electron chi connectivity index (χ4n) is 6.06. The van der Waals surface area contributed by atoms with E-state index < -0.39 is 0 Å². The summed E-state index contributed by atoms with van der Waals surface area (Å²) >= 11 is 0. The molecule has 10 heteroatoms. The molecule has 0 radical (unpaired) electrons. The number of hydrogen-bond donors (Lipinski definition) is 2. The number of hydrogen-bond acceptors (Lipinski definition) is 8. The van der Waals surface area contributed by atoms with Crippen molar-refractivity contribution in [3.8, 4) is 12.1 Å². The van der Waals surface area contributed by atoms with Crippen LogP contribution in [0.5, 0.6) is 6.01 Å². The van der Waals surface area contributed by atoms with Crippen molar-refractivity contribution in [1.29, 1.82) is 5.26 Å². The Kier molecular flexibility index (Phi) is 4.88. The molecular formula is C26H28N8O2. The minimum Gasteiger partial charge on any atom is -0.463 e. The highest BCUT2D eigenvalue weighted by molar-refractivity contribution is 5.94. The molecule has 1 amide bonds. The van der Waals surface area contributed by atoms with Crippen LogP contribution in [0.15, 0.2) is 24.7 Å². The third kappa shape index (κ3) is 3.74. The first kappa shape index (κ1) is 21.5. The van der Waals surface area contributed by atoms with Gasteiger partial charge in [-0.25, -0.2) is 4.98 Å². The fraction of sp³-hybridized carbons (Fsp3) is 0.538. The highest BCUT2D eigenvalue weighted by atomic mass is 16.5. The highest BCUT2D eigenvalue weighted by Gasteiger charge is 2.57. The standard InChI is InChI=1S/C26H28N8O2/c27-12-17-7-18(17)14-36-25-31-20(24(35)33-26-9-15(10-26)11-26)8-21(32-25)34-5-1-16(2-6-34)19-13-30-23-22(19)28-3-4-29-23/h3-4,8,13,15-18H,1-2,5-7,9-11,14H2,(H,29,30)(H,33,35). The fourth-order valence-corrected chi connectivity index (χ4v) is 6.06. The summed E-state index contributed by atoms with van der Waals surface area (Å²) in [5, 5.41) is 12.3. The number of nitriles is 1.